The second-order valence-corrected chi connectivity index (χ2v) is 5.06. The summed E-state index contributed by atoms with van der Waals surface area (Å²) >= 11 is 0. The van der Waals surface area contributed by atoms with Gasteiger partial charge >= 0.3 is 0 Å². The molecule has 0 spiro atoms. The van der Waals surface area contributed by atoms with Crippen LogP contribution in [0.1, 0.15) is 46.5 Å². The van der Waals surface area contributed by atoms with Gasteiger partial charge in [0.1, 0.15) is 0 Å². The van der Waals surface area contributed by atoms with Crippen molar-refractivity contribution in [2.45, 2.75) is 52.5 Å². The summed E-state index contributed by atoms with van der Waals surface area (Å²) < 4.78 is 0. The second kappa shape index (κ2) is 6.24. The molecule has 94 valence electrons. The van der Waals surface area contributed by atoms with Crippen LogP contribution in [0.5, 0.6) is 0 Å². The maximum atomic E-state index is 11.9. The van der Waals surface area contributed by atoms with E-state index in [1.54, 1.807) is 0 Å². The van der Waals surface area contributed by atoms with Gasteiger partial charge in [-0.15, -0.1) is 0 Å². The molecular weight excluding hydrogens is 200 g/mol. The summed E-state index contributed by atoms with van der Waals surface area (Å²) in [7, 11) is 0. The average molecular weight is 226 g/mol. The van der Waals surface area contributed by atoms with Crippen molar-refractivity contribution < 1.29 is 4.79 Å². The van der Waals surface area contributed by atoms with E-state index in [1.165, 1.54) is 12.8 Å². The van der Waals surface area contributed by atoms with Crippen LogP contribution in [0.4, 0.5) is 0 Å². The van der Waals surface area contributed by atoms with Gasteiger partial charge in [0.2, 0.25) is 5.91 Å². The number of amides is 1. The predicted octanol–water partition coefficient (Wildman–Crippen LogP) is 1.91. The Morgan fingerprint density at radius 1 is 1.44 bits per heavy atom. The minimum absolute atomic E-state index is 0.00660. The molecule has 1 saturated carbocycles. The molecular formula is C13H26N2O. The van der Waals surface area contributed by atoms with Gasteiger partial charge in [-0.05, 0) is 31.1 Å². The minimum Gasteiger partial charge on any atom is -0.353 e. The highest BCUT2D eigenvalue weighted by Crippen LogP contribution is 2.33. The summed E-state index contributed by atoms with van der Waals surface area (Å²) in [4.78, 5) is 11.9. The van der Waals surface area contributed by atoms with Crippen LogP contribution in [0.3, 0.4) is 0 Å². The molecule has 0 aromatic carbocycles. The Morgan fingerprint density at radius 3 is 2.56 bits per heavy atom. The fraction of sp³-hybridized carbons (Fsp3) is 0.923. The standard InChI is InChI=1S/C13H26N2O/c1-4-10-6-7-12(9(10)3)15-13(16)11(5-2)8-14/h9-12H,4-8,14H2,1-3H3,(H,15,16). The summed E-state index contributed by atoms with van der Waals surface area (Å²) in [6.07, 6.45) is 4.44. The Kier molecular flexibility index (Phi) is 5.26. The van der Waals surface area contributed by atoms with Gasteiger partial charge in [0, 0.05) is 18.5 Å². The smallest absolute Gasteiger partial charge is 0.224 e. The number of carbonyl (C=O) groups excluding carboxylic acids is 1. The summed E-state index contributed by atoms with van der Waals surface area (Å²) in [6.45, 7) is 6.97. The molecule has 0 radical (unpaired) electrons. The maximum absolute atomic E-state index is 11.9. The van der Waals surface area contributed by atoms with E-state index in [4.69, 9.17) is 5.73 Å². The fourth-order valence-corrected chi connectivity index (χ4v) is 2.79. The van der Waals surface area contributed by atoms with Crippen molar-refractivity contribution >= 4 is 5.91 Å². The molecule has 16 heavy (non-hydrogen) atoms. The van der Waals surface area contributed by atoms with E-state index >= 15 is 0 Å². The van der Waals surface area contributed by atoms with E-state index in [2.05, 4.69) is 19.2 Å². The Hall–Kier alpha value is -0.570. The van der Waals surface area contributed by atoms with Crippen LogP contribution in [0.2, 0.25) is 0 Å². The van der Waals surface area contributed by atoms with Gasteiger partial charge < -0.3 is 11.1 Å². The summed E-state index contributed by atoms with van der Waals surface area (Å²) in [5, 5.41) is 3.18. The lowest BCUT2D eigenvalue weighted by molar-refractivity contribution is -0.125. The van der Waals surface area contributed by atoms with Gasteiger partial charge in [0.05, 0.1) is 0 Å². The van der Waals surface area contributed by atoms with Crippen LogP contribution in [0.25, 0.3) is 0 Å². The monoisotopic (exact) mass is 226 g/mol. The number of rotatable bonds is 5. The first-order valence-electron chi connectivity index (χ1n) is 6.64. The van der Waals surface area contributed by atoms with Crippen molar-refractivity contribution in [3.8, 4) is 0 Å². The molecule has 0 aromatic heterocycles. The number of hydrogen-bond donors (Lipinski definition) is 2. The zero-order valence-corrected chi connectivity index (χ0v) is 10.8. The third-order valence-electron chi connectivity index (χ3n) is 4.23. The summed E-state index contributed by atoms with van der Waals surface area (Å²) in [6, 6.07) is 0.373. The largest absolute Gasteiger partial charge is 0.353 e. The van der Waals surface area contributed by atoms with Crippen molar-refractivity contribution in [1.82, 2.24) is 5.32 Å². The van der Waals surface area contributed by atoms with Crippen molar-refractivity contribution in [2.24, 2.45) is 23.5 Å². The third kappa shape index (κ3) is 2.97. The van der Waals surface area contributed by atoms with E-state index in [1.807, 2.05) is 6.92 Å². The predicted molar refractivity (Wildman–Crippen MR) is 66.9 cm³/mol. The lowest BCUT2D eigenvalue weighted by Gasteiger charge is -2.23. The van der Waals surface area contributed by atoms with E-state index in [9.17, 15) is 4.79 Å². The topological polar surface area (TPSA) is 55.1 Å². The second-order valence-electron chi connectivity index (χ2n) is 5.06. The fourth-order valence-electron chi connectivity index (χ4n) is 2.79. The van der Waals surface area contributed by atoms with Gasteiger partial charge in [0.15, 0.2) is 0 Å². The molecule has 3 heteroatoms. The van der Waals surface area contributed by atoms with Crippen LogP contribution < -0.4 is 11.1 Å². The highest BCUT2D eigenvalue weighted by atomic mass is 16.1. The summed E-state index contributed by atoms with van der Waals surface area (Å²) in [5.74, 6) is 1.54. The number of nitrogens with two attached hydrogens (primary N) is 1. The normalized spacial score (nSPS) is 31.4. The van der Waals surface area contributed by atoms with Gasteiger partial charge in [-0.2, -0.15) is 0 Å². The zero-order valence-electron chi connectivity index (χ0n) is 10.8. The molecule has 1 aliphatic rings. The first-order valence-corrected chi connectivity index (χ1v) is 6.64. The van der Waals surface area contributed by atoms with Gasteiger partial charge in [-0.1, -0.05) is 27.2 Å². The van der Waals surface area contributed by atoms with Crippen LogP contribution in [-0.2, 0) is 4.79 Å². The SMILES string of the molecule is CCC(CN)C(=O)NC1CCC(CC)C1C. The van der Waals surface area contributed by atoms with Crippen molar-refractivity contribution in [3.63, 3.8) is 0 Å². The lowest BCUT2D eigenvalue weighted by atomic mass is 9.93. The zero-order chi connectivity index (χ0) is 12.1. The Bertz CT molecular complexity index is 226. The Labute approximate surface area is 99.2 Å². The molecule has 0 aliphatic heterocycles. The molecule has 1 amide bonds. The molecule has 1 aliphatic carbocycles. The molecule has 1 rings (SSSR count). The Morgan fingerprint density at radius 2 is 2.12 bits per heavy atom. The number of hydrogen-bond acceptors (Lipinski definition) is 2. The third-order valence-corrected chi connectivity index (χ3v) is 4.23. The highest BCUT2D eigenvalue weighted by molar-refractivity contribution is 5.79. The van der Waals surface area contributed by atoms with E-state index < -0.39 is 0 Å². The highest BCUT2D eigenvalue weighted by Gasteiger charge is 2.33. The molecule has 1 fully saturated rings. The van der Waals surface area contributed by atoms with Gasteiger partial charge in [0.25, 0.3) is 0 Å². The first kappa shape index (κ1) is 13.5. The van der Waals surface area contributed by atoms with Crippen molar-refractivity contribution in [3.05, 3.63) is 0 Å². The van der Waals surface area contributed by atoms with Gasteiger partial charge in [-0.3, -0.25) is 4.79 Å². The molecule has 4 atom stereocenters. The number of carbonyl (C=O) groups is 1. The molecule has 4 unspecified atom stereocenters. The lowest BCUT2D eigenvalue weighted by Crippen LogP contribution is -2.42. The van der Waals surface area contributed by atoms with Crippen LogP contribution in [0, 0.1) is 17.8 Å². The molecule has 0 saturated heterocycles. The van der Waals surface area contributed by atoms with Crippen LogP contribution in [-0.4, -0.2) is 18.5 Å². The first-order chi connectivity index (χ1) is 7.63. The maximum Gasteiger partial charge on any atom is 0.224 e. The minimum atomic E-state index is -0.00660. The average Bonchev–Trinajstić information content (AvgIpc) is 2.62. The summed E-state index contributed by atoms with van der Waals surface area (Å²) in [5.41, 5.74) is 5.59. The van der Waals surface area contributed by atoms with Crippen molar-refractivity contribution in [2.75, 3.05) is 6.54 Å². The van der Waals surface area contributed by atoms with Crippen LogP contribution in [0.15, 0.2) is 0 Å². The van der Waals surface area contributed by atoms with Crippen molar-refractivity contribution in [1.29, 1.82) is 0 Å². The molecule has 3 nitrogen and oxygen atoms in total. The molecule has 0 bridgehead atoms. The van der Waals surface area contributed by atoms with Gasteiger partial charge in [-0.25, -0.2) is 0 Å². The van der Waals surface area contributed by atoms with E-state index in [-0.39, 0.29) is 11.8 Å². The van der Waals surface area contributed by atoms with E-state index in [0.29, 0.717) is 18.5 Å². The Balaban J connectivity index is 2.46. The van der Waals surface area contributed by atoms with E-state index in [0.717, 1.165) is 18.8 Å². The van der Waals surface area contributed by atoms with Crippen LogP contribution >= 0.6 is 0 Å². The number of nitrogens with one attached hydrogen (secondary N) is 1. The molecule has 0 heterocycles. The quantitative estimate of drug-likeness (QED) is 0.752. The molecule has 0 aromatic rings. The molecule has 3 N–H and O–H groups in total.